The van der Waals surface area contributed by atoms with E-state index in [0.717, 1.165) is 35.5 Å². The number of hydrogen-bond donors (Lipinski definition) is 0. The van der Waals surface area contributed by atoms with E-state index in [9.17, 15) is 5.26 Å². The van der Waals surface area contributed by atoms with Crippen LogP contribution >= 0.6 is 11.3 Å². The molecular weight excluding hydrogens is 242 g/mol. The van der Waals surface area contributed by atoms with Gasteiger partial charge >= 0.3 is 0 Å². The molecule has 2 aromatic heterocycles. The number of rotatable bonds is 2. The molecule has 1 aliphatic carbocycles. The summed E-state index contributed by atoms with van der Waals surface area (Å²) in [6, 6.07) is 6.39. The third-order valence-corrected chi connectivity index (χ3v) is 4.76. The molecule has 0 bridgehead atoms. The van der Waals surface area contributed by atoms with Crippen LogP contribution in [-0.4, -0.2) is 9.97 Å². The predicted octanol–water partition coefficient (Wildman–Crippen LogP) is 3.46. The average molecular weight is 255 g/mol. The zero-order chi connectivity index (χ0) is 12.6. The standard InChI is InChI=1S/C14H13N3S/c1-10-12(11-3-7-16-8-4-11)17-13(18-10)14(9-15)5-2-6-14/h3-4,7-8H,2,5-6H2,1H3. The second-order valence-corrected chi connectivity index (χ2v) is 5.91. The minimum atomic E-state index is -0.305. The van der Waals surface area contributed by atoms with E-state index < -0.39 is 0 Å². The third-order valence-electron chi connectivity index (χ3n) is 3.58. The smallest absolute Gasteiger partial charge is 0.114 e. The largest absolute Gasteiger partial charge is 0.265 e. The highest BCUT2D eigenvalue weighted by molar-refractivity contribution is 7.12. The Morgan fingerprint density at radius 2 is 2.06 bits per heavy atom. The first kappa shape index (κ1) is 11.4. The minimum absolute atomic E-state index is 0.305. The van der Waals surface area contributed by atoms with Gasteiger partial charge in [-0.15, -0.1) is 11.3 Å². The average Bonchev–Trinajstić information content (AvgIpc) is 2.72. The Balaban J connectivity index is 2.05. The first-order valence-corrected chi connectivity index (χ1v) is 6.86. The number of nitrogens with zero attached hydrogens (tertiary/aromatic N) is 3. The molecule has 0 aromatic carbocycles. The van der Waals surface area contributed by atoms with Crippen molar-refractivity contribution < 1.29 is 0 Å². The van der Waals surface area contributed by atoms with Gasteiger partial charge in [0, 0.05) is 22.8 Å². The van der Waals surface area contributed by atoms with E-state index in [2.05, 4.69) is 18.0 Å². The molecule has 3 nitrogen and oxygen atoms in total. The van der Waals surface area contributed by atoms with E-state index in [-0.39, 0.29) is 5.41 Å². The molecule has 0 aliphatic heterocycles. The van der Waals surface area contributed by atoms with Gasteiger partial charge in [0.25, 0.3) is 0 Å². The van der Waals surface area contributed by atoms with Crippen LogP contribution in [0, 0.1) is 18.3 Å². The summed E-state index contributed by atoms with van der Waals surface area (Å²) in [4.78, 5) is 9.91. The van der Waals surface area contributed by atoms with Gasteiger partial charge in [0.2, 0.25) is 0 Å². The third kappa shape index (κ3) is 1.63. The molecule has 0 saturated heterocycles. The van der Waals surface area contributed by atoms with E-state index in [0.29, 0.717) is 0 Å². The highest BCUT2D eigenvalue weighted by Gasteiger charge is 2.42. The molecule has 90 valence electrons. The molecule has 4 heteroatoms. The lowest BCUT2D eigenvalue weighted by atomic mass is 9.70. The van der Waals surface area contributed by atoms with Crippen LogP contribution in [0.3, 0.4) is 0 Å². The topological polar surface area (TPSA) is 49.6 Å². The zero-order valence-corrected chi connectivity index (χ0v) is 11.0. The lowest BCUT2D eigenvalue weighted by Crippen LogP contribution is -2.32. The van der Waals surface area contributed by atoms with Crippen LogP contribution in [0.2, 0.25) is 0 Å². The normalized spacial score (nSPS) is 16.9. The Morgan fingerprint density at radius 1 is 1.33 bits per heavy atom. The lowest BCUT2D eigenvalue weighted by molar-refractivity contribution is 0.323. The summed E-state index contributed by atoms with van der Waals surface area (Å²) in [6.07, 6.45) is 6.59. The van der Waals surface area contributed by atoms with Crippen LogP contribution < -0.4 is 0 Å². The van der Waals surface area contributed by atoms with E-state index in [1.54, 1.807) is 23.7 Å². The monoisotopic (exact) mass is 255 g/mol. The fourth-order valence-corrected chi connectivity index (χ4v) is 3.41. The summed E-state index contributed by atoms with van der Waals surface area (Å²) in [5, 5.41) is 10.4. The quantitative estimate of drug-likeness (QED) is 0.825. The van der Waals surface area contributed by atoms with Gasteiger partial charge in [0.15, 0.2) is 0 Å². The molecule has 1 aliphatic rings. The molecule has 0 atom stereocenters. The van der Waals surface area contributed by atoms with Gasteiger partial charge in [0.1, 0.15) is 10.4 Å². The molecule has 3 rings (SSSR count). The molecule has 18 heavy (non-hydrogen) atoms. The summed E-state index contributed by atoms with van der Waals surface area (Å²) < 4.78 is 0. The molecule has 1 fully saturated rings. The molecular formula is C14H13N3S. The van der Waals surface area contributed by atoms with E-state index in [1.165, 1.54) is 4.88 Å². The Bertz CT molecular complexity index is 606. The molecule has 2 aromatic rings. The maximum absolute atomic E-state index is 9.37. The number of aryl methyl sites for hydroxylation is 1. The van der Waals surface area contributed by atoms with E-state index in [4.69, 9.17) is 4.98 Å². The maximum atomic E-state index is 9.37. The molecule has 0 spiro atoms. The van der Waals surface area contributed by atoms with Gasteiger partial charge < -0.3 is 0 Å². The number of nitriles is 1. The SMILES string of the molecule is Cc1sc(C2(C#N)CCC2)nc1-c1ccncc1. The van der Waals surface area contributed by atoms with Crippen molar-refractivity contribution in [3.8, 4) is 17.3 Å². The van der Waals surface area contributed by atoms with Crippen molar-refractivity contribution in [1.29, 1.82) is 5.26 Å². The van der Waals surface area contributed by atoms with Crippen LogP contribution in [0.4, 0.5) is 0 Å². The van der Waals surface area contributed by atoms with Crippen LogP contribution in [-0.2, 0) is 5.41 Å². The van der Waals surface area contributed by atoms with Crippen molar-refractivity contribution in [1.82, 2.24) is 9.97 Å². The molecule has 0 amide bonds. The maximum Gasteiger partial charge on any atom is 0.114 e. The van der Waals surface area contributed by atoms with E-state index >= 15 is 0 Å². The van der Waals surface area contributed by atoms with Gasteiger partial charge in [-0.25, -0.2) is 4.98 Å². The first-order chi connectivity index (χ1) is 8.75. The highest BCUT2D eigenvalue weighted by atomic mass is 32.1. The number of aromatic nitrogens is 2. The molecule has 0 radical (unpaired) electrons. The Labute approximate surface area is 110 Å². The fourth-order valence-electron chi connectivity index (χ4n) is 2.28. The van der Waals surface area contributed by atoms with Crippen LogP contribution in [0.15, 0.2) is 24.5 Å². The minimum Gasteiger partial charge on any atom is -0.265 e. The second-order valence-electron chi connectivity index (χ2n) is 4.71. The van der Waals surface area contributed by atoms with Crippen molar-refractivity contribution in [2.24, 2.45) is 0 Å². The summed E-state index contributed by atoms with van der Waals surface area (Å²) in [7, 11) is 0. The Morgan fingerprint density at radius 3 is 2.61 bits per heavy atom. The van der Waals surface area contributed by atoms with Crippen LogP contribution in [0.5, 0.6) is 0 Å². The van der Waals surface area contributed by atoms with Crippen molar-refractivity contribution in [3.63, 3.8) is 0 Å². The number of thiazole rings is 1. The summed E-state index contributed by atoms with van der Waals surface area (Å²) in [5.41, 5.74) is 1.78. The summed E-state index contributed by atoms with van der Waals surface area (Å²) in [6.45, 7) is 2.07. The summed E-state index contributed by atoms with van der Waals surface area (Å²) >= 11 is 1.66. The second kappa shape index (κ2) is 4.18. The van der Waals surface area contributed by atoms with Gasteiger partial charge in [0.05, 0.1) is 11.8 Å². The van der Waals surface area contributed by atoms with Gasteiger partial charge in [-0.2, -0.15) is 5.26 Å². The Kier molecular flexibility index (Phi) is 2.64. The molecule has 2 heterocycles. The van der Waals surface area contributed by atoms with Gasteiger partial charge in [-0.1, -0.05) is 0 Å². The van der Waals surface area contributed by atoms with Crippen LogP contribution in [0.25, 0.3) is 11.3 Å². The molecule has 0 unspecified atom stereocenters. The van der Waals surface area contributed by atoms with E-state index in [1.807, 2.05) is 12.1 Å². The van der Waals surface area contributed by atoms with Gasteiger partial charge in [-0.3, -0.25) is 4.98 Å². The Hall–Kier alpha value is -1.73. The lowest BCUT2D eigenvalue weighted by Gasteiger charge is -2.32. The fraction of sp³-hybridized carbons (Fsp3) is 0.357. The van der Waals surface area contributed by atoms with Crippen molar-refractivity contribution in [2.75, 3.05) is 0 Å². The van der Waals surface area contributed by atoms with Crippen LogP contribution in [0.1, 0.15) is 29.1 Å². The predicted molar refractivity (Wildman–Crippen MR) is 71.2 cm³/mol. The van der Waals surface area contributed by atoms with Crippen molar-refractivity contribution in [3.05, 3.63) is 34.4 Å². The zero-order valence-electron chi connectivity index (χ0n) is 10.2. The number of hydrogen-bond acceptors (Lipinski definition) is 4. The number of pyridine rings is 1. The first-order valence-electron chi connectivity index (χ1n) is 6.05. The molecule has 0 N–H and O–H groups in total. The van der Waals surface area contributed by atoms with Crippen molar-refractivity contribution in [2.45, 2.75) is 31.6 Å². The van der Waals surface area contributed by atoms with Crippen molar-refractivity contribution >= 4 is 11.3 Å². The van der Waals surface area contributed by atoms with Gasteiger partial charge in [-0.05, 0) is 38.3 Å². The highest BCUT2D eigenvalue weighted by Crippen LogP contribution is 2.46. The summed E-state index contributed by atoms with van der Waals surface area (Å²) in [5.74, 6) is 0. The molecule has 1 saturated carbocycles.